The monoisotopic (exact) mass is 528 g/mol. The molecule has 202 valence electrons. The van der Waals surface area contributed by atoms with Crippen LogP contribution in [0.2, 0.25) is 5.02 Å². The molecule has 1 aliphatic heterocycles. The largest absolute Gasteiger partial charge is 0.442 e. The number of carbonyl (C=O) groups is 2. The first-order valence-electron chi connectivity index (χ1n) is 13.2. The number of allylic oxidation sites excluding steroid dienone is 1. The Kier molecular flexibility index (Phi) is 9.52. The SMILES string of the molecule is CC(C)(C)OC(=O)N=C[C@H](C(=O)C1C[C@H](O)C[C@H]1C1=NC=C(CCc2cccc(Cl)c2)CC1)C(C)(C)C. The van der Waals surface area contributed by atoms with Gasteiger partial charge in [-0.05, 0) is 82.4 Å². The highest BCUT2D eigenvalue weighted by molar-refractivity contribution is 6.30. The molecule has 1 heterocycles. The van der Waals surface area contributed by atoms with Crippen LogP contribution in [0.4, 0.5) is 4.79 Å². The van der Waals surface area contributed by atoms with Gasteiger partial charge in [0, 0.05) is 35.0 Å². The number of rotatable bonds is 7. The van der Waals surface area contributed by atoms with E-state index in [1.165, 1.54) is 17.4 Å². The van der Waals surface area contributed by atoms with Gasteiger partial charge in [-0.25, -0.2) is 4.79 Å². The van der Waals surface area contributed by atoms with Crippen molar-refractivity contribution in [1.82, 2.24) is 0 Å². The van der Waals surface area contributed by atoms with Crippen molar-refractivity contribution in [2.75, 3.05) is 0 Å². The Labute approximate surface area is 226 Å². The number of aryl methyl sites for hydroxylation is 1. The van der Waals surface area contributed by atoms with Gasteiger partial charge in [0.2, 0.25) is 0 Å². The number of Topliss-reactive ketones (excluding diaryl/α,β-unsaturated/α-hetero) is 1. The first kappa shape index (κ1) is 29.2. The average Bonchev–Trinajstić information content (AvgIpc) is 3.17. The van der Waals surface area contributed by atoms with E-state index in [-0.39, 0.29) is 17.6 Å². The van der Waals surface area contributed by atoms with E-state index in [1.54, 1.807) is 20.8 Å². The molecule has 2 aliphatic rings. The van der Waals surface area contributed by atoms with Crippen molar-refractivity contribution in [1.29, 1.82) is 0 Å². The molecule has 0 radical (unpaired) electrons. The molecule has 1 amide bonds. The highest BCUT2D eigenvalue weighted by Gasteiger charge is 2.45. The van der Waals surface area contributed by atoms with E-state index < -0.39 is 29.1 Å². The summed E-state index contributed by atoms with van der Waals surface area (Å²) in [6.45, 7) is 11.2. The molecule has 6 nitrogen and oxygen atoms in total. The lowest BCUT2D eigenvalue weighted by molar-refractivity contribution is -0.127. The number of aliphatic imine (C=N–C) groups is 2. The van der Waals surface area contributed by atoms with Crippen molar-refractivity contribution in [3.63, 3.8) is 0 Å². The molecule has 0 bridgehead atoms. The van der Waals surface area contributed by atoms with Gasteiger partial charge >= 0.3 is 6.09 Å². The van der Waals surface area contributed by atoms with Gasteiger partial charge in [0.25, 0.3) is 0 Å². The average molecular weight is 529 g/mol. The number of benzene rings is 1. The van der Waals surface area contributed by atoms with Gasteiger partial charge in [0.05, 0.1) is 12.0 Å². The first-order chi connectivity index (χ1) is 17.2. The van der Waals surface area contributed by atoms with Gasteiger partial charge in [-0.2, -0.15) is 4.99 Å². The second kappa shape index (κ2) is 12.0. The molecule has 1 N–H and O–H groups in total. The third-order valence-corrected chi connectivity index (χ3v) is 7.27. The van der Waals surface area contributed by atoms with E-state index in [2.05, 4.69) is 11.1 Å². The van der Waals surface area contributed by atoms with Gasteiger partial charge in [0.15, 0.2) is 0 Å². The van der Waals surface area contributed by atoms with Crippen LogP contribution in [0.5, 0.6) is 0 Å². The Balaban J connectivity index is 1.73. The highest BCUT2D eigenvalue weighted by Crippen LogP contribution is 2.40. The summed E-state index contributed by atoms with van der Waals surface area (Å²) in [5, 5.41) is 11.3. The third-order valence-electron chi connectivity index (χ3n) is 7.03. The summed E-state index contributed by atoms with van der Waals surface area (Å²) in [5.41, 5.74) is 2.37. The number of aliphatic hydroxyl groups excluding tert-OH is 1. The molecule has 37 heavy (non-hydrogen) atoms. The summed E-state index contributed by atoms with van der Waals surface area (Å²) in [6.07, 6.45) is 6.58. The van der Waals surface area contributed by atoms with Gasteiger partial charge in [-0.3, -0.25) is 9.79 Å². The Bertz CT molecular complexity index is 1080. The first-order valence-corrected chi connectivity index (χ1v) is 13.6. The minimum Gasteiger partial charge on any atom is -0.442 e. The molecule has 1 unspecified atom stereocenters. The predicted octanol–water partition coefficient (Wildman–Crippen LogP) is 7.02. The lowest BCUT2D eigenvalue weighted by atomic mass is 9.72. The number of halogens is 1. The van der Waals surface area contributed by atoms with Crippen LogP contribution in [-0.4, -0.2) is 40.6 Å². The van der Waals surface area contributed by atoms with Crippen LogP contribution >= 0.6 is 11.6 Å². The van der Waals surface area contributed by atoms with Crippen LogP contribution in [0.25, 0.3) is 0 Å². The van der Waals surface area contributed by atoms with Crippen LogP contribution in [0, 0.1) is 23.2 Å². The van der Waals surface area contributed by atoms with Crippen molar-refractivity contribution in [3.05, 3.63) is 46.6 Å². The molecule has 0 aromatic heterocycles. The van der Waals surface area contributed by atoms with Crippen LogP contribution < -0.4 is 0 Å². The molecule has 1 saturated carbocycles. The molecule has 7 heteroatoms. The van der Waals surface area contributed by atoms with E-state index >= 15 is 0 Å². The topological polar surface area (TPSA) is 88.3 Å². The number of nitrogens with zero attached hydrogens (tertiary/aromatic N) is 2. The summed E-state index contributed by atoms with van der Waals surface area (Å²) in [4.78, 5) is 34.7. The van der Waals surface area contributed by atoms with E-state index in [1.807, 2.05) is 45.2 Å². The summed E-state index contributed by atoms with van der Waals surface area (Å²) >= 11 is 6.10. The van der Waals surface area contributed by atoms with Crippen molar-refractivity contribution < 1.29 is 19.4 Å². The highest BCUT2D eigenvalue weighted by atomic mass is 35.5. The van der Waals surface area contributed by atoms with E-state index in [0.717, 1.165) is 36.4 Å². The second-order valence-corrected chi connectivity index (χ2v) is 12.8. The van der Waals surface area contributed by atoms with Crippen LogP contribution in [0.3, 0.4) is 0 Å². The van der Waals surface area contributed by atoms with E-state index in [0.29, 0.717) is 12.8 Å². The Hall–Kier alpha value is -2.31. The minimum absolute atomic E-state index is 0.000193. The number of amides is 1. The van der Waals surface area contributed by atoms with Crippen LogP contribution in [-0.2, 0) is 16.0 Å². The normalized spacial score (nSPS) is 23.5. The molecule has 0 saturated heterocycles. The second-order valence-electron chi connectivity index (χ2n) is 12.4. The number of hydrogen-bond acceptors (Lipinski definition) is 5. The molecule has 4 atom stereocenters. The quantitative estimate of drug-likeness (QED) is 0.385. The van der Waals surface area contributed by atoms with Gasteiger partial charge in [-0.1, -0.05) is 50.1 Å². The summed E-state index contributed by atoms with van der Waals surface area (Å²) in [7, 11) is 0. The van der Waals surface area contributed by atoms with Gasteiger partial charge in [0.1, 0.15) is 11.4 Å². The summed E-state index contributed by atoms with van der Waals surface area (Å²) < 4.78 is 5.28. The fraction of sp³-hybridized carbons (Fsp3) is 0.600. The third kappa shape index (κ3) is 8.61. The Morgan fingerprint density at radius 3 is 2.49 bits per heavy atom. The fourth-order valence-corrected chi connectivity index (χ4v) is 5.34. The zero-order valence-electron chi connectivity index (χ0n) is 23.0. The van der Waals surface area contributed by atoms with E-state index in [4.69, 9.17) is 21.3 Å². The summed E-state index contributed by atoms with van der Waals surface area (Å²) in [6, 6.07) is 7.92. The number of hydrogen-bond donors (Lipinski definition) is 1. The number of aliphatic hydroxyl groups is 1. The van der Waals surface area contributed by atoms with Crippen LogP contribution in [0.15, 0.2) is 46.0 Å². The molecule has 1 aromatic rings. The molecule has 1 fully saturated rings. The molecule has 1 aromatic carbocycles. The Morgan fingerprint density at radius 2 is 1.89 bits per heavy atom. The number of ketones is 1. The minimum atomic E-state index is -0.704. The van der Waals surface area contributed by atoms with Crippen LogP contribution in [0.1, 0.15) is 79.2 Å². The maximum absolute atomic E-state index is 13.8. The van der Waals surface area contributed by atoms with Crippen molar-refractivity contribution in [3.8, 4) is 0 Å². The van der Waals surface area contributed by atoms with Crippen molar-refractivity contribution in [2.24, 2.45) is 33.2 Å². The molecular weight excluding hydrogens is 488 g/mol. The molecule has 0 spiro atoms. The van der Waals surface area contributed by atoms with Gasteiger partial charge in [-0.15, -0.1) is 0 Å². The number of carbonyl (C=O) groups excluding carboxylic acids is 2. The van der Waals surface area contributed by atoms with E-state index in [9.17, 15) is 14.7 Å². The molecule has 3 rings (SSSR count). The zero-order valence-corrected chi connectivity index (χ0v) is 23.7. The zero-order chi connectivity index (χ0) is 27.4. The van der Waals surface area contributed by atoms with Crippen molar-refractivity contribution in [2.45, 2.75) is 91.8 Å². The van der Waals surface area contributed by atoms with Crippen molar-refractivity contribution >= 4 is 35.4 Å². The fourth-order valence-electron chi connectivity index (χ4n) is 5.13. The maximum Gasteiger partial charge on any atom is 0.433 e. The standard InChI is InChI=1S/C30H41ClN2O4/c1-29(2,3)25(18-33-28(36)37-30(4,5)6)27(35)24-16-22(34)15-23(24)26-13-12-20(17-32-26)11-10-19-8-7-9-21(31)14-19/h7-9,14,17-18,22-25,34H,10-13,15-16H2,1-6H3/t22-,23-,24?,25-/m1/s1. The maximum atomic E-state index is 13.8. The lowest BCUT2D eigenvalue weighted by Gasteiger charge is -2.31. The molecular formula is C30H41ClN2O4. The predicted molar refractivity (Wildman–Crippen MR) is 149 cm³/mol. The summed E-state index contributed by atoms with van der Waals surface area (Å²) in [5.74, 6) is -1.04. The lowest BCUT2D eigenvalue weighted by Crippen LogP contribution is -2.38. The Morgan fingerprint density at radius 1 is 1.16 bits per heavy atom. The molecule has 1 aliphatic carbocycles. The van der Waals surface area contributed by atoms with Gasteiger partial charge < -0.3 is 9.84 Å². The smallest absolute Gasteiger partial charge is 0.433 e. The number of ether oxygens (including phenoxy) is 1.